The minimum Gasteiger partial charge on any atom is -0.274 e. The zero-order valence-electron chi connectivity index (χ0n) is 4.34. The molecular formula is C3H6NO3S. The van der Waals surface area contributed by atoms with Crippen molar-refractivity contribution in [2.75, 3.05) is 0 Å². The maximum absolute atomic E-state index is 10.00. The van der Waals surface area contributed by atoms with Crippen LogP contribution in [0.15, 0.2) is 0 Å². The molecule has 1 amide bonds. The smallest absolute Gasteiger partial charge is 0.235 e. The van der Waals surface area contributed by atoms with E-state index in [-0.39, 0.29) is 0 Å². The number of amides is 1. The Hall–Kier alpha value is -0.580. The summed E-state index contributed by atoms with van der Waals surface area (Å²) in [6.07, 6.45) is 2.65. The lowest BCUT2D eigenvalue weighted by atomic mass is 10.8. The van der Waals surface area contributed by atoms with Gasteiger partial charge in [0.1, 0.15) is 0 Å². The maximum atomic E-state index is 10.00. The van der Waals surface area contributed by atoms with Gasteiger partial charge in [-0.05, 0) is 0 Å². The topological polar surface area (TPSA) is 63.2 Å². The van der Waals surface area contributed by atoms with Crippen LogP contribution in [0.1, 0.15) is 6.92 Å². The summed E-state index contributed by atoms with van der Waals surface area (Å²) in [5.41, 5.74) is 0. The van der Waals surface area contributed by atoms with Gasteiger partial charge in [-0.3, -0.25) is 9.52 Å². The van der Waals surface area contributed by atoms with Crippen molar-refractivity contribution in [1.29, 1.82) is 0 Å². The van der Waals surface area contributed by atoms with Gasteiger partial charge < -0.3 is 0 Å². The van der Waals surface area contributed by atoms with E-state index < -0.39 is 15.9 Å². The molecule has 0 unspecified atom stereocenters. The first-order valence-corrected chi connectivity index (χ1v) is 3.43. The van der Waals surface area contributed by atoms with Gasteiger partial charge in [0.15, 0.2) is 0 Å². The van der Waals surface area contributed by atoms with Crippen LogP contribution in [0.5, 0.6) is 0 Å². The molecule has 5 heteroatoms. The summed E-state index contributed by atoms with van der Waals surface area (Å²) in [5.74, 6) is -0.625. The van der Waals surface area contributed by atoms with Crippen LogP contribution in [0.4, 0.5) is 0 Å². The summed E-state index contributed by atoms with van der Waals surface area (Å²) in [5, 5.41) is 0. The summed E-state index contributed by atoms with van der Waals surface area (Å²) in [6.45, 7) is 1.10. The minimum absolute atomic E-state index is 0.625. The second-order valence-corrected chi connectivity index (χ2v) is 2.71. The second kappa shape index (κ2) is 2.13. The first kappa shape index (κ1) is 7.42. The molecule has 0 aliphatic carbocycles. The molecule has 0 spiro atoms. The fraction of sp³-hybridized carbons (Fsp3) is 0.333. The number of hydrogen-bond acceptors (Lipinski definition) is 3. The van der Waals surface area contributed by atoms with Gasteiger partial charge in [0.2, 0.25) is 15.9 Å². The molecule has 47 valence electrons. The lowest BCUT2D eigenvalue weighted by Gasteiger charge is -1.92. The zero-order valence-corrected chi connectivity index (χ0v) is 5.16. The molecule has 0 aromatic carbocycles. The van der Waals surface area contributed by atoms with Crippen molar-refractivity contribution >= 4 is 15.9 Å². The van der Waals surface area contributed by atoms with Crippen molar-refractivity contribution in [3.05, 3.63) is 6.26 Å². The Kier molecular flexibility index (Phi) is 1.97. The molecule has 0 fully saturated rings. The number of hydrogen-bond donors (Lipinski definition) is 1. The lowest BCUT2D eigenvalue weighted by molar-refractivity contribution is -0.117. The highest BCUT2D eigenvalue weighted by molar-refractivity contribution is 7.91. The van der Waals surface area contributed by atoms with Crippen LogP contribution < -0.4 is 4.72 Å². The van der Waals surface area contributed by atoms with Gasteiger partial charge in [-0.15, -0.1) is 0 Å². The third kappa shape index (κ3) is 5.42. The first-order valence-electron chi connectivity index (χ1n) is 1.78. The largest absolute Gasteiger partial charge is 0.274 e. The highest BCUT2D eigenvalue weighted by atomic mass is 32.2. The van der Waals surface area contributed by atoms with E-state index in [1.165, 1.54) is 0 Å². The SMILES string of the molecule is [CH2]S(=O)(=O)NC(C)=O. The monoisotopic (exact) mass is 136 g/mol. The molecule has 0 aromatic heterocycles. The first-order chi connectivity index (χ1) is 3.42. The molecule has 8 heavy (non-hydrogen) atoms. The predicted octanol–water partition coefficient (Wildman–Crippen LogP) is -0.756. The molecule has 0 heterocycles. The van der Waals surface area contributed by atoms with Gasteiger partial charge in [-0.2, -0.15) is 0 Å². The average Bonchev–Trinajstić information content (AvgIpc) is 1.21. The van der Waals surface area contributed by atoms with Crippen LogP contribution >= 0.6 is 0 Å². The van der Waals surface area contributed by atoms with Crippen LogP contribution in [0.3, 0.4) is 0 Å². The average molecular weight is 136 g/mol. The van der Waals surface area contributed by atoms with Gasteiger partial charge in [0, 0.05) is 6.92 Å². The zero-order chi connectivity index (χ0) is 6.78. The van der Waals surface area contributed by atoms with Gasteiger partial charge in [0.05, 0.1) is 6.26 Å². The quantitative estimate of drug-likeness (QED) is 0.515. The third-order valence-electron chi connectivity index (χ3n) is 0.299. The standard InChI is InChI=1S/C3H6NO3S/c1-3(5)4-8(2,6)7/h2H2,1H3,(H,4,5). The number of carbonyl (C=O) groups is 1. The molecule has 0 aliphatic heterocycles. The Morgan fingerprint density at radius 3 is 2.00 bits per heavy atom. The fourth-order valence-corrected chi connectivity index (χ4v) is 0.657. The number of nitrogens with one attached hydrogen (secondary N) is 1. The second-order valence-electron chi connectivity index (χ2n) is 1.27. The molecule has 4 nitrogen and oxygen atoms in total. The van der Waals surface area contributed by atoms with E-state index in [4.69, 9.17) is 0 Å². The molecule has 0 atom stereocenters. The van der Waals surface area contributed by atoms with Gasteiger partial charge in [-0.1, -0.05) is 0 Å². The lowest BCUT2D eigenvalue weighted by Crippen LogP contribution is -2.25. The van der Waals surface area contributed by atoms with Crippen LogP contribution in [0.25, 0.3) is 0 Å². The Bertz CT molecular complexity index is 181. The van der Waals surface area contributed by atoms with Crippen LogP contribution in [0, 0.1) is 6.26 Å². The molecule has 0 saturated carbocycles. The van der Waals surface area contributed by atoms with Crippen LogP contribution in [-0.4, -0.2) is 14.3 Å². The van der Waals surface area contributed by atoms with Crippen molar-refractivity contribution < 1.29 is 13.2 Å². The number of carbonyl (C=O) groups excluding carboxylic acids is 1. The molecule has 0 aromatic rings. The maximum Gasteiger partial charge on any atom is 0.235 e. The molecule has 0 rings (SSSR count). The molecule has 0 saturated heterocycles. The van der Waals surface area contributed by atoms with Crippen molar-refractivity contribution in [3.63, 3.8) is 0 Å². The van der Waals surface area contributed by atoms with Crippen molar-refractivity contribution in [2.45, 2.75) is 6.92 Å². The Balaban J connectivity index is 3.95. The summed E-state index contributed by atoms with van der Waals surface area (Å²) < 4.78 is 21.6. The van der Waals surface area contributed by atoms with Gasteiger partial charge >= 0.3 is 0 Å². The highest BCUT2D eigenvalue weighted by Crippen LogP contribution is 1.74. The van der Waals surface area contributed by atoms with Crippen LogP contribution in [-0.2, 0) is 14.8 Å². The fourth-order valence-electron chi connectivity index (χ4n) is 0.219. The van der Waals surface area contributed by atoms with E-state index in [1.807, 2.05) is 0 Å². The molecule has 1 N–H and O–H groups in total. The summed E-state index contributed by atoms with van der Waals surface area (Å²) in [7, 11) is -3.57. The van der Waals surface area contributed by atoms with E-state index in [1.54, 1.807) is 4.72 Å². The Morgan fingerprint density at radius 1 is 1.62 bits per heavy atom. The third-order valence-corrected chi connectivity index (χ3v) is 0.898. The van der Waals surface area contributed by atoms with E-state index >= 15 is 0 Å². The highest BCUT2D eigenvalue weighted by Gasteiger charge is 2.00. The Labute approximate surface area is 47.9 Å². The van der Waals surface area contributed by atoms with Crippen molar-refractivity contribution in [1.82, 2.24) is 4.72 Å². The molecule has 1 radical (unpaired) electrons. The van der Waals surface area contributed by atoms with E-state index in [2.05, 4.69) is 6.26 Å². The number of rotatable bonds is 1. The van der Waals surface area contributed by atoms with Crippen molar-refractivity contribution in [2.24, 2.45) is 0 Å². The molecule has 0 aliphatic rings. The van der Waals surface area contributed by atoms with E-state index in [0.717, 1.165) is 6.92 Å². The van der Waals surface area contributed by atoms with Gasteiger partial charge in [0.25, 0.3) is 0 Å². The minimum atomic E-state index is -3.57. The number of sulfonamides is 1. The van der Waals surface area contributed by atoms with E-state index in [0.29, 0.717) is 0 Å². The summed E-state index contributed by atoms with van der Waals surface area (Å²) in [4.78, 5) is 9.93. The Morgan fingerprint density at radius 2 is 2.00 bits per heavy atom. The van der Waals surface area contributed by atoms with Crippen molar-refractivity contribution in [3.8, 4) is 0 Å². The predicted molar refractivity (Wildman–Crippen MR) is 28.1 cm³/mol. The molecule has 0 bridgehead atoms. The van der Waals surface area contributed by atoms with E-state index in [9.17, 15) is 13.2 Å². The van der Waals surface area contributed by atoms with Crippen LogP contribution in [0.2, 0.25) is 0 Å². The van der Waals surface area contributed by atoms with Gasteiger partial charge in [-0.25, -0.2) is 8.42 Å². The summed E-state index contributed by atoms with van der Waals surface area (Å²) in [6, 6.07) is 0. The normalized spacial score (nSPS) is 10.8. The molecular weight excluding hydrogens is 130 g/mol. The summed E-state index contributed by atoms with van der Waals surface area (Å²) >= 11 is 0.